The highest BCUT2D eigenvalue weighted by atomic mass is 16.5. The molecule has 1 atom stereocenters. The van der Waals surface area contributed by atoms with Crippen molar-refractivity contribution in [2.45, 2.75) is 31.3 Å². The molecule has 4 heteroatoms. The van der Waals surface area contributed by atoms with Crippen molar-refractivity contribution >= 4 is 0 Å². The molecule has 1 N–H and O–H groups in total. The number of rotatable bonds is 5. The first-order chi connectivity index (χ1) is 8.42. The van der Waals surface area contributed by atoms with E-state index in [2.05, 4.69) is 15.1 Å². The summed E-state index contributed by atoms with van der Waals surface area (Å²) in [4.78, 5) is 5.24. The van der Waals surface area contributed by atoms with Crippen molar-refractivity contribution in [3.05, 3.63) is 0 Å². The van der Waals surface area contributed by atoms with E-state index in [0.29, 0.717) is 0 Å². The molecule has 3 fully saturated rings. The van der Waals surface area contributed by atoms with Gasteiger partial charge in [-0.25, -0.2) is 0 Å². The molecule has 98 valence electrons. The lowest BCUT2D eigenvalue weighted by atomic mass is 10.2. The van der Waals surface area contributed by atoms with Crippen LogP contribution in [0.2, 0.25) is 0 Å². The molecule has 0 aromatic carbocycles. The maximum Gasteiger partial charge on any atom is 0.0594 e. The number of hydrogen-bond donors (Lipinski definition) is 1. The fourth-order valence-electron chi connectivity index (χ4n) is 2.97. The van der Waals surface area contributed by atoms with Gasteiger partial charge in [0.05, 0.1) is 13.2 Å². The standard InChI is InChI=1S/C13H25N3O/c1-2-12(1)14-4-6-15-5-3-13(11-15)16-7-9-17-10-8-16/h12-14H,1-11H2. The first-order valence-corrected chi connectivity index (χ1v) is 7.19. The lowest BCUT2D eigenvalue weighted by molar-refractivity contribution is 0.0185. The zero-order chi connectivity index (χ0) is 11.5. The van der Waals surface area contributed by atoms with Gasteiger partial charge in [-0.05, 0) is 25.8 Å². The van der Waals surface area contributed by atoms with Crippen molar-refractivity contribution < 1.29 is 4.74 Å². The molecule has 1 unspecified atom stereocenters. The quantitative estimate of drug-likeness (QED) is 0.739. The molecule has 0 amide bonds. The van der Waals surface area contributed by atoms with E-state index < -0.39 is 0 Å². The molecule has 0 radical (unpaired) electrons. The van der Waals surface area contributed by atoms with Crippen LogP contribution in [0.15, 0.2) is 0 Å². The van der Waals surface area contributed by atoms with E-state index in [1.54, 1.807) is 0 Å². The predicted molar refractivity (Wildman–Crippen MR) is 68.3 cm³/mol. The fraction of sp³-hybridized carbons (Fsp3) is 1.00. The molecule has 17 heavy (non-hydrogen) atoms. The molecule has 4 nitrogen and oxygen atoms in total. The third kappa shape index (κ3) is 3.41. The van der Waals surface area contributed by atoms with Crippen molar-refractivity contribution in [2.24, 2.45) is 0 Å². The Morgan fingerprint density at radius 2 is 1.88 bits per heavy atom. The first-order valence-electron chi connectivity index (χ1n) is 7.19. The zero-order valence-corrected chi connectivity index (χ0v) is 10.7. The van der Waals surface area contributed by atoms with Crippen LogP contribution in [0.3, 0.4) is 0 Å². The summed E-state index contributed by atoms with van der Waals surface area (Å²) < 4.78 is 5.42. The molecule has 0 spiro atoms. The molecule has 0 aromatic heterocycles. The summed E-state index contributed by atoms with van der Waals surface area (Å²) in [5.74, 6) is 0. The van der Waals surface area contributed by atoms with Gasteiger partial charge in [0, 0.05) is 44.8 Å². The fourth-order valence-corrected chi connectivity index (χ4v) is 2.97. The van der Waals surface area contributed by atoms with E-state index in [1.807, 2.05) is 0 Å². The molecule has 2 aliphatic heterocycles. The van der Waals surface area contributed by atoms with E-state index in [0.717, 1.165) is 38.4 Å². The van der Waals surface area contributed by atoms with Crippen LogP contribution in [0, 0.1) is 0 Å². The maximum absolute atomic E-state index is 5.42. The van der Waals surface area contributed by atoms with Gasteiger partial charge < -0.3 is 15.0 Å². The number of nitrogens with zero attached hydrogens (tertiary/aromatic N) is 2. The third-order valence-electron chi connectivity index (χ3n) is 4.25. The predicted octanol–water partition coefficient (Wildman–Crippen LogP) is 0.145. The van der Waals surface area contributed by atoms with Crippen LogP contribution >= 0.6 is 0 Å². The summed E-state index contributed by atoms with van der Waals surface area (Å²) in [5.41, 5.74) is 0. The molecular formula is C13H25N3O. The summed E-state index contributed by atoms with van der Waals surface area (Å²) in [6.45, 7) is 9.11. The molecule has 3 rings (SSSR count). The third-order valence-corrected chi connectivity index (χ3v) is 4.25. The van der Waals surface area contributed by atoms with Crippen molar-refractivity contribution in [1.82, 2.24) is 15.1 Å². The second-order valence-electron chi connectivity index (χ2n) is 5.62. The molecule has 2 saturated heterocycles. The molecule has 2 heterocycles. The second-order valence-corrected chi connectivity index (χ2v) is 5.62. The normalized spacial score (nSPS) is 32.1. The number of hydrogen-bond acceptors (Lipinski definition) is 4. The minimum atomic E-state index is 0.792. The van der Waals surface area contributed by atoms with E-state index in [1.165, 1.54) is 45.4 Å². The monoisotopic (exact) mass is 239 g/mol. The Bertz CT molecular complexity index is 239. The van der Waals surface area contributed by atoms with Crippen LogP contribution in [-0.4, -0.2) is 74.4 Å². The van der Waals surface area contributed by atoms with Gasteiger partial charge in [-0.1, -0.05) is 0 Å². The molecule has 3 aliphatic rings. The van der Waals surface area contributed by atoms with Gasteiger partial charge in [-0.15, -0.1) is 0 Å². The van der Waals surface area contributed by atoms with Crippen LogP contribution in [0.5, 0.6) is 0 Å². The van der Waals surface area contributed by atoms with Crippen LogP contribution in [0.1, 0.15) is 19.3 Å². The molecular weight excluding hydrogens is 214 g/mol. The summed E-state index contributed by atoms with van der Waals surface area (Å²) in [7, 11) is 0. The summed E-state index contributed by atoms with van der Waals surface area (Å²) >= 11 is 0. The maximum atomic E-state index is 5.42. The first kappa shape index (κ1) is 11.9. The van der Waals surface area contributed by atoms with Gasteiger partial charge in [-0.2, -0.15) is 0 Å². The Kier molecular flexibility index (Phi) is 3.96. The van der Waals surface area contributed by atoms with Crippen LogP contribution in [-0.2, 0) is 4.74 Å². The Balaban J connectivity index is 1.35. The van der Waals surface area contributed by atoms with Gasteiger partial charge in [-0.3, -0.25) is 4.90 Å². The molecule has 0 aromatic rings. The highest BCUT2D eigenvalue weighted by Crippen LogP contribution is 2.19. The molecule has 1 aliphatic carbocycles. The van der Waals surface area contributed by atoms with Gasteiger partial charge in [0.25, 0.3) is 0 Å². The van der Waals surface area contributed by atoms with E-state index in [-0.39, 0.29) is 0 Å². The average molecular weight is 239 g/mol. The topological polar surface area (TPSA) is 27.7 Å². The smallest absolute Gasteiger partial charge is 0.0594 e. The summed E-state index contributed by atoms with van der Waals surface area (Å²) in [6.07, 6.45) is 4.15. The van der Waals surface area contributed by atoms with E-state index in [9.17, 15) is 0 Å². The Labute approximate surface area is 104 Å². The van der Waals surface area contributed by atoms with E-state index in [4.69, 9.17) is 4.74 Å². The van der Waals surface area contributed by atoms with E-state index >= 15 is 0 Å². The van der Waals surface area contributed by atoms with Crippen LogP contribution < -0.4 is 5.32 Å². The largest absolute Gasteiger partial charge is 0.379 e. The highest BCUT2D eigenvalue weighted by Gasteiger charge is 2.28. The van der Waals surface area contributed by atoms with Crippen molar-refractivity contribution in [2.75, 3.05) is 52.5 Å². The number of likely N-dealkylation sites (tertiary alicyclic amines) is 1. The summed E-state index contributed by atoms with van der Waals surface area (Å²) in [5, 5.41) is 3.60. The van der Waals surface area contributed by atoms with Gasteiger partial charge in [0.1, 0.15) is 0 Å². The lowest BCUT2D eigenvalue weighted by Crippen LogP contribution is -2.45. The number of morpholine rings is 1. The number of ether oxygens (including phenoxy) is 1. The van der Waals surface area contributed by atoms with Crippen LogP contribution in [0.25, 0.3) is 0 Å². The minimum Gasteiger partial charge on any atom is -0.379 e. The Morgan fingerprint density at radius 1 is 1.06 bits per heavy atom. The van der Waals surface area contributed by atoms with Crippen molar-refractivity contribution in [1.29, 1.82) is 0 Å². The van der Waals surface area contributed by atoms with Crippen molar-refractivity contribution in [3.8, 4) is 0 Å². The number of nitrogens with one attached hydrogen (secondary N) is 1. The second kappa shape index (κ2) is 5.65. The summed E-state index contributed by atoms with van der Waals surface area (Å²) in [6, 6.07) is 1.65. The molecule has 0 bridgehead atoms. The van der Waals surface area contributed by atoms with Gasteiger partial charge in [0.2, 0.25) is 0 Å². The van der Waals surface area contributed by atoms with Gasteiger partial charge in [0.15, 0.2) is 0 Å². The van der Waals surface area contributed by atoms with Crippen molar-refractivity contribution in [3.63, 3.8) is 0 Å². The Hall–Kier alpha value is -0.160. The minimum absolute atomic E-state index is 0.792. The SMILES string of the molecule is C(CN1CCC(N2CCOCC2)C1)NC1CC1. The Morgan fingerprint density at radius 3 is 2.65 bits per heavy atom. The highest BCUT2D eigenvalue weighted by molar-refractivity contribution is 4.86. The van der Waals surface area contributed by atoms with Crippen LogP contribution in [0.4, 0.5) is 0 Å². The lowest BCUT2D eigenvalue weighted by Gasteiger charge is -2.32. The van der Waals surface area contributed by atoms with Gasteiger partial charge >= 0.3 is 0 Å². The average Bonchev–Trinajstić information content (AvgIpc) is 3.07. The zero-order valence-electron chi connectivity index (χ0n) is 10.7. The molecule has 1 saturated carbocycles.